The Bertz CT molecular complexity index is 404. The first-order valence-corrected chi connectivity index (χ1v) is 6.83. The number of nitrogens with one attached hydrogen (secondary N) is 2. The van der Waals surface area contributed by atoms with Crippen LogP contribution in [-0.2, 0) is 4.79 Å². The SMILES string of the molecule is COc1ccc(NC(=O)CNC(C)CCN(C)C)cc1. The first kappa shape index (κ1) is 16.5. The Kier molecular flexibility index (Phi) is 7.04. The standard InChI is InChI=1S/C15H25N3O2/c1-12(9-10-18(2)3)16-11-15(19)17-13-5-7-14(20-4)8-6-13/h5-8,12,16H,9-11H2,1-4H3,(H,17,19). The average molecular weight is 279 g/mol. The highest BCUT2D eigenvalue weighted by Gasteiger charge is 2.06. The van der Waals surface area contributed by atoms with Gasteiger partial charge in [-0.3, -0.25) is 4.79 Å². The lowest BCUT2D eigenvalue weighted by atomic mass is 10.2. The lowest BCUT2D eigenvalue weighted by molar-refractivity contribution is -0.115. The summed E-state index contributed by atoms with van der Waals surface area (Å²) >= 11 is 0. The second kappa shape index (κ2) is 8.55. The van der Waals surface area contributed by atoms with E-state index in [0.29, 0.717) is 12.6 Å². The summed E-state index contributed by atoms with van der Waals surface area (Å²) in [6.45, 7) is 3.42. The molecule has 1 aromatic rings. The van der Waals surface area contributed by atoms with Crippen molar-refractivity contribution in [2.24, 2.45) is 0 Å². The zero-order valence-corrected chi connectivity index (χ0v) is 12.8. The summed E-state index contributed by atoms with van der Waals surface area (Å²) in [7, 11) is 5.71. The van der Waals surface area contributed by atoms with Gasteiger partial charge < -0.3 is 20.3 Å². The van der Waals surface area contributed by atoms with Crippen LogP contribution in [-0.4, -0.2) is 51.1 Å². The molecule has 112 valence electrons. The molecule has 0 fully saturated rings. The summed E-state index contributed by atoms with van der Waals surface area (Å²) in [6.07, 6.45) is 1.02. The number of rotatable bonds is 8. The molecule has 1 rings (SSSR count). The molecule has 0 heterocycles. The highest BCUT2D eigenvalue weighted by atomic mass is 16.5. The molecule has 2 N–H and O–H groups in total. The Balaban J connectivity index is 2.28. The van der Waals surface area contributed by atoms with Crippen LogP contribution in [0.15, 0.2) is 24.3 Å². The van der Waals surface area contributed by atoms with Gasteiger partial charge in [0, 0.05) is 11.7 Å². The van der Waals surface area contributed by atoms with Crippen molar-refractivity contribution in [3.8, 4) is 5.75 Å². The van der Waals surface area contributed by atoms with E-state index >= 15 is 0 Å². The fourth-order valence-corrected chi connectivity index (χ4v) is 1.70. The van der Waals surface area contributed by atoms with Crippen LogP contribution in [0.3, 0.4) is 0 Å². The predicted molar refractivity (Wildman–Crippen MR) is 82.3 cm³/mol. The van der Waals surface area contributed by atoms with E-state index in [2.05, 4.69) is 22.5 Å². The van der Waals surface area contributed by atoms with Gasteiger partial charge in [-0.2, -0.15) is 0 Å². The van der Waals surface area contributed by atoms with Gasteiger partial charge in [-0.25, -0.2) is 0 Å². The van der Waals surface area contributed by atoms with Gasteiger partial charge in [0.2, 0.25) is 5.91 Å². The van der Waals surface area contributed by atoms with Crippen molar-refractivity contribution in [3.05, 3.63) is 24.3 Å². The third-order valence-electron chi connectivity index (χ3n) is 2.99. The molecule has 1 atom stereocenters. The average Bonchev–Trinajstić information content (AvgIpc) is 2.43. The molecule has 0 aliphatic heterocycles. The smallest absolute Gasteiger partial charge is 0.238 e. The fourth-order valence-electron chi connectivity index (χ4n) is 1.70. The minimum absolute atomic E-state index is 0.0353. The van der Waals surface area contributed by atoms with Crippen LogP contribution < -0.4 is 15.4 Å². The van der Waals surface area contributed by atoms with E-state index in [1.54, 1.807) is 7.11 Å². The maximum absolute atomic E-state index is 11.8. The van der Waals surface area contributed by atoms with E-state index in [1.165, 1.54) is 0 Å². The normalized spacial score (nSPS) is 12.2. The maximum Gasteiger partial charge on any atom is 0.238 e. The van der Waals surface area contributed by atoms with Gasteiger partial charge in [0.05, 0.1) is 13.7 Å². The van der Waals surface area contributed by atoms with E-state index in [-0.39, 0.29) is 5.91 Å². The molecule has 0 aliphatic carbocycles. The van der Waals surface area contributed by atoms with Gasteiger partial charge in [0.25, 0.3) is 0 Å². The van der Waals surface area contributed by atoms with Crippen molar-refractivity contribution >= 4 is 11.6 Å². The van der Waals surface area contributed by atoms with Crippen molar-refractivity contribution in [2.45, 2.75) is 19.4 Å². The molecular formula is C15H25N3O2. The van der Waals surface area contributed by atoms with Gasteiger partial charge in [-0.1, -0.05) is 0 Å². The number of hydrogen-bond donors (Lipinski definition) is 2. The van der Waals surface area contributed by atoms with Crippen molar-refractivity contribution in [3.63, 3.8) is 0 Å². The second-order valence-corrected chi connectivity index (χ2v) is 5.15. The quantitative estimate of drug-likeness (QED) is 0.758. The summed E-state index contributed by atoms with van der Waals surface area (Å²) in [5.74, 6) is 0.741. The third kappa shape index (κ3) is 6.54. The fraction of sp³-hybridized carbons (Fsp3) is 0.533. The van der Waals surface area contributed by atoms with E-state index < -0.39 is 0 Å². The summed E-state index contributed by atoms with van der Waals surface area (Å²) in [6, 6.07) is 7.61. The number of carbonyl (C=O) groups is 1. The van der Waals surface area contributed by atoms with Crippen molar-refractivity contribution in [2.75, 3.05) is 39.6 Å². The highest BCUT2D eigenvalue weighted by molar-refractivity contribution is 5.92. The van der Waals surface area contributed by atoms with Gasteiger partial charge in [-0.15, -0.1) is 0 Å². The Labute approximate surface area is 121 Å². The lowest BCUT2D eigenvalue weighted by Gasteiger charge is -2.16. The Morgan fingerprint density at radius 1 is 1.30 bits per heavy atom. The molecule has 20 heavy (non-hydrogen) atoms. The molecule has 0 aromatic heterocycles. The number of amides is 1. The zero-order valence-electron chi connectivity index (χ0n) is 12.8. The van der Waals surface area contributed by atoms with Crippen LogP contribution in [0.25, 0.3) is 0 Å². The number of nitrogens with zero attached hydrogens (tertiary/aromatic N) is 1. The van der Waals surface area contributed by atoms with E-state index in [4.69, 9.17) is 4.74 Å². The second-order valence-electron chi connectivity index (χ2n) is 5.15. The Morgan fingerprint density at radius 2 is 1.95 bits per heavy atom. The van der Waals surface area contributed by atoms with Crippen molar-refractivity contribution in [1.29, 1.82) is 0 Å². The number of anilines is 1. The maximum atomic E-state index is 11.8. The molecule has 5 nitrogen and oxygen atoms in total. The highest BCUT2D eigenvalue weighted by Crippen LogP contribution is 2.14. The van der Waals surface area contributed by atoms with Crippen LogP contribution in [0.4, 0.5) is 5.69 Å². The van der Waals surface area contributed by atoms with E-state index in [9.17, 15) is 4.79 Å². The number of hydrogen-bond acceptors (Lipinski definition) is 4. The van der Waals surface area contributed by atoms with Gasteiger partial charge in [0.1, 0.15) is 5.75 Å². The first-order chi connectivity index (χ1) is 9.51. The molecule has 0 saturated heterocycles. The lowest BCUT2D eigenvalue weighted by Crippen LogP contribution is -2.36. The minimum atomic E-state index is -0.0353. The summed E-state index contributed by atoms with van der Waals surface area (Å²) in [5.41, 5.74) is 0.776. The molecule has 5 heteroatoms. The Morgan fingerprint density at radius 3 is 2.50 bits per heavy atom. The molecule has 0 aliphatic rings. The number of benzene rings is 1. The van der Waals surface area contributed by atoms with Gasteiger partial charge in [-0.05, 0) is 58.3 Å². The van der Waals surface area contributed by atoms with Crippen LogP contribution in [0, 0.1) is 0 Å². The molecular weight excluding hydrogens is 254 g/mol. The zero-order chi connectivity index (χ0) is 15.0. The first-order valence-electron chi connectivity index (χ1n) is 6.83. The molecule has 0 bridgehead atoms. The summed E-state index contributed by atoms with van der Waals surface area (Å²) in [4.78, 5) is 13.9. The molecule has 1 unspecified atom stereocenters. The number of methoxy groups -OCH3 is 1. The minimum Gasteiger partial charge on any atom is -0.497 e. The summed E-state index contributed by atoms with van der Waals surface area (Å²) < 4.78 is 5.07. The van der Waals surface area contributed by atoms with Crippen LogP contribution in [0.2, 0.25) is 0 Å². The Hall–Kier alpha value is -1.59. The molecule has 1 amide bonds. The van der Waals surface area contributed by atoms with Crippen LogP contribution >= 0.6 is 0 Å². The van der Waals surface area contributed by atoms with Crippen molar-refractivity contribution < 1.29 is 9.53 Å². The molecule has 0 radical (unpaired) electrons. The van der Waals surface area contributed by atoms with E-state index in [1.807, 2.05) is 38.4 Å². The predicted octanol–water partition coefficient (Wildman–Crippen LogP) is 1.56. The number of ether oxygens (including phenoxy) is 1. The molecule has 0 saturated carbocycles. The largest absolute Gasteiger partial charge is 0.497 e. The van der Waals surface area contributed by atoms with Crippen molar-refractivity contribution in [1.82, 2.24) is 10.2 Å². The van der Waals surface area contributed by atoms with E-state index in [0.717, 1.165) is 24.4 Å². The third-order valence-corrected chi connectivity index (χ3v) is 2.99. The van der Waals surface area contributed by atoms with Crippen LogP contribution in [0.5, 0.6) is 5.75 Å². The van der Waals surface area contributed by atoms with Gasteiger partial charge in [0.15, 0.2) is 0 Å². The molecule has 1 aromatic carbocycles. The number of carbonyl (C=O) groups excluding carboxylic acids is 1. The topological polar surface area (TPSA) is 53.6 Å². The summed E-state index contributed by atoms with van der Waals surface area (Å²) in [5, 5.41) is 6.06. The van der Waals surface area contributed by atoms with Gasteiger partial charge >= 0.3 is 0 Å². The monoisotopic (exact) mass is 279 g/mol. The van der Waals surface area contributed by atoms with Crippen LogP contribution in [0.1, 0.15) is 13.3 Å². The molecule has 0 spiro atoms.